The van der Waals surface area contributed by atoms with Crippen molar-refractivity contribution in [1.82, 2.24) is 19.7 Å². The number of amides is 1. The Morgan fingerprint density at radius 2 is 2.00 bits per heavy atom. The Bertz CT molecular complexity index is 1300. The zero-order valence-corrected chi connectivity index (χ0v) is 21.1. The summed E-state index contributed by atoms with van der Waals surface area (Å²) in [6.07, 6.45) is 3.61. The highest BCUT2D eigenvalue weighted by Crippen LogP contribution is 2.47. The number of aromatic nitrogens is 3. The quantitative estimate of drug-likeness (QED) is 0.589. The van der Waals surface area contributed by atoms with E-state index < -0.39 is 11.7 Å². The number of anilines is 2. The van der Waals surface area contributed by atoms with Crippen LogP contribution in [0.15, 0.2) is 36.7 Å². The molecule has 0 unspecified atom stereocenters. The van der Waals surface area contributed by atoms with E-state index in [-0.39, 0.29) is 24.3 Å². The highest BCUT2D eigenvalue weighted by molar-refractivity contribution is 5.97. The predicted octanol–water partition coefficient (Wildman–Crippen LogP) is 3.27. The monoisotopic (exact) mass is 492 g/mol. The van der Waals surface area contributed by atoms with Crippen LogP contribution in [0.4, 0.5) is 15.9 Å². The van der Waals surface area contributed by atoms with E-state index in [1.54, 1.807) is 4.68 Å². The summed E-state index contributed by atoms with van der Waals surface area (Å²) in [5, 5.41) is 9.53. The molecule has 1 saturated carbocycles. The van der Waals surface area contributed by atoms with Crippen molar-refractivity contribution in [2.45, 2.75) is 37.9 Å². The maximum atomic E-state index is 14.5. The van der Waals surface area contributed by atoms with Gasteiger partial charge < -0.3 is 15.0 Å². The highest BCUT2D eigenvalue weighted by atomic mass is 19.1. The number of carbonyl (C=O) groups is 1. The van der Waals surface area contributed by atoms with Gasteiger partial charge >= 0.3 is 0 Å². The standard InChI is InChI=1S/C27H33FN6O2/c1-17-10-19-14-29-25(30-26(35)21-13-20(21)22-4-5-32(3)31-22)12-18(19)11-23(17)33-6-8-34(9-7-33)27(2)16-36-15-24(27)28/h4-5,10-12,14,20-21,24H,6-9,13,15-16H2,1-3H3,(H,29,30,35)/t20-,21-,24-,27+/m1/s1. The largest absolute Gasteiger partial charge is 0.376 e. The van der Waals surface area contributed by atoms with Crippen LogP contribution in [0.1, 0.15) is 30.5 Å². The average molecular weight is 493 g/mol. The molecule has 8 nitrogen and oxygen atoms in total. The molecule has 0 bridgehead atoms. The molecular weight excluding hydrogens is 459 g/mol. The number of rotatable bonds is 5. The van der Waals surface area contributed by atoms with Gasteiger partial charge in [-0.25, -0.2) is 9.37 Å². The van der Waals surface area contributed by atoms with E-state index in [4.69, 9.17) is 4.74 Å². The van der Waals surface area contributed by atoms with Crippen molar-refractivity contribution >= 4 is 28.2 Å². The van der Waals surface area contributed by atoms with E-state index in [1.807, 2.05) is 38.5 Å². The van der Waals surface area contributed by atoms with Gasteiger partial charge in [0.1, 0.15) is 12.0 Å². The van der Waals surface area contributed by atoms with Gasteiger partial charge in [0.2, 0.25) is 5.91 Å². The summed E-state index contributed by atoms with van der Waals surface area (Å²) in [5.41, 5.74) is 2.80. The number of nitrogens with one attached hydrogen (secondary N) is 1. The number of pyridine rings is 1. The first-order chi connectivity index (χ1) is 17.3. The zero-order chi connectivity index (χ0) is 25.0. The van der Waals surface area contributed by atoms with Crippen molar-refractivity contribution in [3.05, 3.63) is 47.9 Å². The number of hydrogen-bond acceptors (Lipinski definition) is 6. The minimum Gasteiger partial charge on any atom is -0.376 e. The van der Waals surface area contributed by atoms with Crippen LogP contribution in [0.25, 0.3) is 10.8 Å². The molecule has 2 saturated heterocycles. The van der Waals surface area contributed by atoms with Crippen molar-refractivity contribution < 1.29 is 13.9 Å². The number of halogens is 1. The lowest BCUT2D eigenvalue weighted by atomic mass is 9.96. The van der Waals surface area contributed by atoms with Gasteiger partial charge in [-0.05, 0) is 55.5 Å². The summed E-state index contributed by atoms with van der Waals surface area (Å²) in [5.74, 6) is 0.696. The molecular formula is C27H33FN6O2. The lowest BCUT2D eigenvalue weighted by Crippen LogP contribution is -2.59. The zero-order valence-electron chi connectivity index (χ0n) is 21.1. The fourth-order valence-electron chi connectivity index (χ4n) is 5.75. The molecule has 1 N–H and O–H groups in total. The molecule has 3 aliphatic rings. The maximum absolute atomic E-state index is 14.5. The molecule has 190 valence electrons. The molecule has 6 rings (SSSR count). The summed E-state index contributed by atoms with van der Waals surface area (Å²) in [6.45, 7) is 8.00. The normalized spacial score (nSPS) is 28.6. The SMILES string of the molecule is Cc1cc2cnc(NC(=O)[C@@H]3C[C@H]3c3ccn(C)n3)cc2cc1N1CCN([C@@]2(C)COC[C@H]2F)CC1. The van der Waals surface area contributed by atoms with Gasteiger partial charge in [0, 0.05) is 68.5 Å². The first-order valence-corrected chi connectivity index (χ1v) is 12.7. The Kier molecular flexibility index (Phi) is 5.72. The lowest BCUT2D eigenvalue weighted by Gasteiger charge is -2.45. The van der Waals surface area contributed by atoms with E-state index in [0.29, 0.717) is 12.4 Å². The number of alkyl halides is 1. The van der Waals surface area contributed by atoms with Crippen molar-refractivity contribution in [3.8, 4) is 0 Å². The molecule has 2 aromatic heterocycles. The average Bonchev–Trinajstić information content (AvgIpc) is 3.44. The van der Waals surface area contributed by atoms with Crippen molar-refractivity contribution in [2.24, 2.45) is 13.0 Å². The summed E-state index contributed by atoms with van der Waals surface area (Å²) in [6, 6.07) is 8.27. The smallest absolute Gasteiger partial charge is 0.229 e. The Hall–Kier alpha value is -3.04. The number of benzene rings is 1. The number of ether oxygens (including phenoxy) is 1. The first kappa shape index (κ1) is 23.4. The summed E-state index contributed by atoms with van der Waals surface area (Å²) in [7, 11) is 1.89. The van der Waals surface area contributed by atoms with E-state index in [1.165, 1.54) is 11.3 Å². The molecule has 1 aromatic carbocycles. The first-order valence-electron chi connectivity index (χ1n) is 12.7. The summed E-state index contributed by atoms with van der Waals surface area (Å²) >= 11 is 0. The van der Waals surface area contributed by atoms with Crippen LogP contribution in [0.2, 0.25) is 0 Å². The topological polar surface area (TPSA) is 75.5 Å². The Labute approximate surface area is 210 Å². The summed E-state index contributed by atoms with van der Waals surface area (Å²) in [4.78, 5) is 21.9. The number of carbonyl (C=O) groups excluding carboxylic acids is 1. The maximum Gasteiger partial charge on any atom is 0.229 e. The van der Waals surface area contributed by atoms with Crippen LogP contribution in [0.3, 0.4) is 0 Å². The molecule has 3 fully saturated rings. The second-order valence-corrected chi connectivity index (χ2v) is 10.7. The minimum atomic E-state index is -0.942. The molecule has 1 amide bonds. The van der Waals surface area contributed by atoms with Gasteiger partial charge in [-0.2, -0.15) is 5.10 Å². The molecule has 0 radical (unpaired) electrons. The minimum absolute atomic E-state index is 0.00323. The van der Waals surface area contributed by atoms with Gasteiger partial charge in [0.25, 0.3) is 0 Å². The fourth-order valence-corrected chi connectivity index (χ4v) is 5.75. The van der Waals surface area contributed by atoms with Crippen molar-refractivity contribution in [1.29, 1.82) is 0 Å². The van der Waals surface area contributed by atoms with Crippen LogP contribution >= 0.6 is 0 Å². The van der Waals surface area contributed by atoms with Crippen LogP contribution in [0.5, 0.6) is 0 Å². The Balaban J connectivity index is 1.15. The highest BCUT2D eigenvalue weighted by Gasteiger charge is 2.46. The van der Waals surface area contributed by atoms with Crippen molar-refractivity contribution in [3.63, 3.8) is 0 Å². The van der Waals surface area contributed by atoms with Gasteiger partial charge in [-0.15, -0.1) is 0 Å². The van der Waals surface area contributed by atoms with E-state index in [9.17, 15) is 9.18 Å². The van der Waals surface area contributed by atoms with Crippen LogP contribution < -0.4 is 10.2 Å². The second-order valence-electron chi connectivity index (χ2n) is 10.7. The second kappa shape index (κ2) is 8.81. The molecule has 2 aliphatic heterocycles. The molecule has 1 aliphatic carbocycles. The molecule has 0 spiro atoms. The number of aryl methyl sites for hydroxylation is 2. The van der Waals surface area contributed by atoms with Gasteiger partial charge in [0.15, 0.2) is 0 Å². The van der Waals surface area contributed by atoms with Crippen LogP contribution in [-0.2, 0) is 16.6 Å². The molecule has 36 heavy (non-hydrogen) atoms. The molecule has 9 heteroatoms. The van der Waals surface area contributed by atoms with Crippen LogP contribution in [0, 0.1) is 12.8 Å². The number of hydrogen-bond donors (Lipinski definition) is 1. The third-order valence-electron chi connectivity index (χ3n) is 8.21. The summed E-state index contributed by atoms with van der Waals surface area (Å²) < 4.78 is 21.7. The van der Waals surface area contributed by atoms with Crippen LogP contribution in [-0.4, -0.2) is 76.7 Å². The van der Waals surface area contributed by atoms with Gasteiger partial charge in [0.05, 0.1) is 24.4 Å². The number of nitrogens with zero attached hydrogens (tertiary/aromatic N) is 5. The molecule has 4 heterocycles. The Morgan fingerprint density at radius 3 is 2.69 bits per heavy atom. The number of fused-ring (bicyclic) bond motifs is 1. The molecule has 3 aromatic rings. The fraction of sp³-hybridized carbons (Fsp3) is 0.519. The van der Waals surface area contributed by atoms with E-state index >= 15 is 0 Å². The third-order valence-corrected chi connectivity index (χ3v) is 8.21. The molecule has 4 atom stereocenters. The van der Waals surface area contributed by atoms with Gasteiger partial charge in [-0.3, -0.25) is 14.4 Å². The third kappa shape index (κ3) is 4.14. The number of piperazine rings is 1. The van der Waals surface area contributed by atoms with Gasteiger partial charge in [-0.1, -0.05) is 0 Å². The predicted molar refractivity (Wildman–Crippen MR) is 137 cm³/mol. The Morgan fingerprint density at radius 1 is 1.19 bits per heavy atom. The van der Waals surface area contributed by atoms with E-state index in [0.717, 1.165) is 49.1 Å². The van der Waals surface area contributed by atoms with E-state index in [2.05, 4.69) is 44.3 Å². The van der Waals surface area contributed by atoms with Crippen molar-refractivity contribution in [2.75, 3.05) is 49.6 Å². The lowest BCUT2D eigenvalue weighted by molar-refractivity contribution is -0.117.